The number of nitrogens with zero attached hydrogens (tertiary/aromatic N) is 1. The highest BCUT2D eigenvalue weighted by atomic mass is 32.2. The third-order valence-electron chi connectivity index (χ3n) is 8.94. The van der Waals surface area contributed by atoms with Gasteiger partial charge in [0.15, 0.2) is 0 Å². The van der Waals surface area contributed by atoms with Crippen molar-refractivity contribution in [1.82, 2.24) is 10.2 Å². The zero-order valence-electron chi connectivity index (χ0n) is 25.2. The lowest BCUT2D eigenvalue weighted by Crippen LogP contribution is -2.41. The molecule has 1 aliphatic carbocycles. The van der Waals surface area contributed by atoms with E-state index in [0.717, 1.165) is 41.5 Å². The van der Waals surface area contributed by atoms with E-state index in [4.69, 9.17) is 0 Å². The smallest absolute Gasteiger partial charge is 0.326 e. The third kappa shape index (κ3) is 8.83. The number of aliphatic carboxylic acids is 1. The first-order chi connectivity index (χ1) is 20.1. The Balaban J connectivity index is 1.65. The lowest BCUT2D eigenvalue weighted by Gasteiger charge is -2.33. The summed E-state index contributed by atoms with van der Waals surface area (Å²) in [5.41, 5.74) is 4.17. The van der Waals surface area contributed by atoms with Gasteiger partial charge < -0.3 is 10.4 Å². The maximum absolute atomic E-state index is 13.5. The van der Waals surface area contributed by atoms with E-state index in [1.807, 2.05) is 49.6 Å². The molecule has 0 unspecified atom stereocenters. The van der Waals surface area contributed by atoms with Crippen LogP contribution in [0.4, 0.5) is 0 Å². The Bertz CT molecular complexity index is 1340. The summed E-state index contributed by atoms with van der Waals surface area (Å²) in [6.45, 7) is 2.62. The fourth-order valence-corrected chi connectivity index (χ4v) is 8.32. The Morgan fingerprint density at radius 2 is 1.74 bits per heavy atom. The highest BCUT2D eigenvalue weighted by molar-refractivity contribution is 7.98. The molecule has 0 spiro atoms. The number of nitrogens with one attached hydrogen (secondary N) is 1. The van der Waals surface area contributed by atoms with Crippen LogP contribution < -0.4 is 5.32 Å². The van der Waals surface area contributed by atoms with E-state index in [-0.39, 0.29) is 11.8 Å². The molecule has 1 saturated carbocycles. The number of rotatable bonds is 13. The van der Waals surface area contributed by atoms with Crippen molar-refractivity contribution in [3.05, 3.63) is 59.2 Å². The molecule has 2 aliphatic rings. The minimum atomic E-state index is -3.13. The summed E-state index contributed by atoms with van der Waals surface area (Å²) >= 11 is 1.55. The van der Waals surface area contributed by atoms with E-state index >= 15 is 0 Å². The number of hydrogen-bond donors (Lipinski definition) is 2. The van der Waals surface area contributed by atoms with Gasteiger partial charge >= 0.3 is 5.97 Å². The summed E-state index contributed by atoms with van der Waals surface area (Å²) in [4.78, 5) is 27.8. The maximum atomic E-state index is 13.5. The number of sulfone groups is 1. The molecule has 0 radical (unpaired) electrons. The van der Waals surface area contributed by atoms with E-state index in [1.165, 1.54) is 38.4 Å². The van der Waals surface area contributed by atoms with E-state index in [1.54, 1.807) is 17.8 Å². The van der Waals surface area contributed by atoms with Gasteiger partial charge in [0.1, 0.15) is 15.9 Å². The second-order valence-electron chi connectivity index (χ2n) is 12.2. The minimum absolute atomic E-state index is 0.0220. The summed E-state index contributed by atoms with van der Waals surface area (Å²) < 4.78 is 24.7. The average molecular weight is 615 g/mol. The molecule has 1 aliphatic heterocycles. The largest absolute Gasteiger partial charge is 0.480 e. The Morgan fingerprint density at radius 3 is 2.40 bits per heavy atom. The molecule has 2 aromatic carbocycles. The van der Waals surface area contributed by atoms with E-state index in [0.29, 0.717) is 36.2 Å². The van der Waals surface area contributed by atoms with Crippen LogP contribution in [-0.2, 0) is 21.2 Å². The molecule has 2 fully saturated rings. The van der Waals surface area contributed by atoms with Gasteiger partial charge in [-0.25, -0.2) is 13.2 Å². The second kappa shape index (κ2) is 14.9. The molecule has 0 bridgehead atoms. The molecule has 1 saturated heterocycles. The minimum Gasteiger partial charge on any atom is -0.480 e. The fourth-order valence-electron chi connectivity index (χ4n) is 6.79. The number of benzene rings is 2. The molecule has 230 valence electrons. The number of amides is 1. The van der Waals surface area contributed by atoms with Crippen molar-refractivity contribution in [1.29, 1.82) is 0 Å². The Hall–Kier alpha value is -2.36. The number of carboxylic acids is 1. The SMILES string of the molecule is CSCC[C@H](NC(=O)c1ccc(CN2[C@H](CC3CCCCC3)CC[C@H]2CS(C)(=O)=O)cc1-c1ccccc1C)C(=O)O. The van der Waals surface area contributed by atoms with Gasteiger partial charge in [-0.1, -0.05) is 62.4 Å². The molecule has 9 heteroatoms. The zero-order chi connectivity index (χ0) is 30.3. The average Bonchev–Trinajstić information content (AvgIpc) is 3.30. The third-order valence-corrected chi connectivity index (χ3v) is 10.6. The number of aryl methyl sites for hydroxylation is 1. The maximum Gasteiger partial charge on any atom is 0.326 e. The summed E-state index contributed by atoms with van der Waals surface area (Å²) in [5.74, 6) is 0.0466. The lowest BCUT2D eigenvalue weighted by atomic mass is 9.84. The van der Waals surface area contributed by atoms with Gasteiger partial charge in [0.2, 0.25) is 0 Å². The van der Waals surface area contributed by atoms with Crippen LogP contribution in [-0.4, -0.2) is 72.4 Å². The molecule has 2 aromatic rings. The predicted octanol–water partition coefficient (Wildman–Crippen LogP) is 5.95. The van der Waals surface area contributed by atoms with E-state index in [2.05, 4.69) is 10.2 Å². The van der Waals surface area contributed by atoms with Crippen LogP contribution in [0.15, 0.2) is 42.5 Å². The van der Waals surface area contributed by atoms with Gasteiger partial charge in [-0.05, 0) is 84.9 Å². The van der Waals surface area contributed by atoms with Gasteiger partial charge in [-0.3, -0.25) is 9.69 Å². The van der Waals surface area contributed by atoms with Gasteiger partial charge in [-0.2, -0.15) is 11.8 Å². The van der Waals surface area contributed by atoms with Crippen molar-refractivity contribution in [2.24, 2.45) is 5.92 Å². The van der Waals surface area contributed by atoms with Crippen LogP contribution >= 0.6 is 11.8 Å². The number of carbonyl (C=O) groups excluding carboxylic acids is 1. The molecule has 2 N–H and O–H groups in total. The number of carboxylic acid groups (broad SMARTS) is 1. The van der Waals surface area contributed by atoms with Gasteiger partial charge in [-0.15, -0.1) is 0 Å². The number of thioether (sulfide) groups is 1. The summed E-state index contributed by atoms with van der Waals surface area (Å²) in [5, 5.41) is 12.5. The summed E-state index contributed by atoms with van der Waals surface area (Å²) in [6.07, 6.45) is 13.0. The molecule has 3 atom stereocenters. The van der Waals surface area contributed by atoms with Crippen molar-refractivity contribution >= 4 is 33.5 Å². The van der Waals surface area contributed by atoms with E-state index < -0.39 is 27.8 Å². The fraction of sp³-hybridized carbons (Fsp3) is 0.576. The van der Waals surface area contributed by atoms with Crippen LogP contribution in [0, 0.1) is 12.8 Å². The van der Waals surface area contributed by atoms with Crippen LogP contribution in [0.1, 0.15) is 79.3 Å². The summed E-state index contributed by atoms with van der Waals surface area (Å²) in [7, 11) is -3.13. The van der Waals surface area contributed by atoms with Crippen molar-refractivity contribution in [2.75, 3.05) is 24.0 Å². The molecule has 0 aromatic heterocycles. The molecule has 1 heterocycles. The van der Waals surface area contributed by atoms with Crippen molar-refractivity contribution in [3.63, 3.8) is 0 Å². The molecule has 7 nitrogen and oxygen atoms in total. The van der Waals surface area contributed by atoms with Crippen LogP contribution in [0.2, 0.25) is 0 Å². The Kier molecular flexibility index (Phi) is 11.5. The van der Waals surface area contributed by atoms with Crippen LogP contribution in [0.3, 0.4) is 0 Å². The van der Waals surface area contributed by atoms with Gasteiger partial charge in [0, 0.05) is 30.4 Å². The van der Waals surface area contributed by atoms with Crippen molar-refractivity contribution in [2.45, 2.75) is 89.4 Å². The normalized spacial score (nSPS) is 20.8. The number of hydrogen-bond acceptors (Lipinski definition) is 6. The van der Waals surface area contributed by atoms with Gasteiger partial charge in [0.25, 0.3) is 5.91 Å². The first-order valence-corrected chi connectivity index (χ1v) is 18.7. The molecular weight excluding hydrogens is 569 g/mol. The highest BCUT2D eigenvalue weighted by Gasteiger charge is 2.36. The zero-order valence-corrected chi connectivity index (χ0v) is 26.8. The highest BCUT2D eigenvalue weighted by Crippen LogP contribution is 2.36. The Labute approximate surface area is 255 Å². The first-order valence-electron chi connectivity index (χ1n) is 15.2. The van der Waals surface area contributed by atoms with Crippen molar-refractivity contribution < 1.29 is 23.1 Å². The predicted molar refractivity (Wildman–Crippen MR) is 172 cm³/mol. The van der Waals surface area contributed by atoms with Crippen LogP contribution in [0.5, 0.6) is 0 Å². The van der Waals surface area contributed by atoms with Crippen LogP contribution in [0.25, 0.3) is 11.1 Å². The van der Waals surface area contributed by atoms with Crippen molar-refractivity contribution in [3.8, 4) is 11.1 Å². The number of carbonyl (C=O) groups is 2. The second-order valence-corrected chi connectivity index (χ2v) is 15.4. The first kappa shape index (κ1) is 32.6. The monoisotopic (exact) mass is 614 g/mol. The molecule has 1 amide bonds. The quantitative estimate of drug-likeness (QED) is 0.288. The Morgan fingerprint density at radius 1 is 1.02 bits per heavy atom. The topological polar surface area (TPSA) is 104 Å². The molecular formula is C33H46N2O5S2. The lowest BCUT2D eigenvalue weighted by molar-refractivity contribution is -0.139. The standard InChI is InChI=1S/C33H46N2O5S2/c1-23-9-7-8-12-28(23)30-20-25(13-16-29(30)32(36)34-31(33(37)38)17-18-41-2)21-35-26(19-24-10-5-4-6-11-24)14-15-27(35)22-42(3,39)40/h7-9,12-13,16,20,24,26-27,31H,4-6,10-11,14-15,17-19,21-22H2,1-3H3,(H,34,36)(H,37,38)/t26-,27-,31-/m0/s1. The van der Waals surface area contributed by atoms with E-state index in [9.17, 15) is 23.1 Å². The summed E-state index contributed by atoms with van der Waals surface area (Å²) in [6, 6.07) is 13.0. The number of likely N-dealkylation sites (tertiary alicyclic amines) is 1. The van der Waals surface area contributed by atoms with Gasteiger partial charge in [0.05, 0.1) is 5.75 Å². The molecule has 42 heavy (non-hydrogen) atoms. The molecule has 4 rings (SSSR count).